The second-order valence-corrected chi connectivity index (χ2v) is 37.0. The van der Waals surface area contributed by atoms with Crippen LogP contribution in [-0.2, 0) is 0 Å². The molecule has 4 rings (SSSR count). The molecule has 0 aromatic heterocycles. The number of hydrogen-bond donors (Lipinski definition) is 0. The van der Waals surface area contributed by atoms with Crippen LogP contribution in [-0.4, -0.2) is 32.3 Å². The van der Waals surface area contributed by atoms with Crippen molar-refractivity contribution in [1.82, 2.24) is 0 Å². The van der Waals surface area contributed by atoms with Crippen molar-refractivity contribution in [2.75, 3.05) is 0 Å². The van der Waals surface area contributed by atoms with Crippen LogP contribution in [0.5, 0.6) is 0 Å². The van der Waals surface area contributed by atoms with Gasteiger partial charge in [-0.1, -0.05) is 122 Å². The highest BCUT2D eigenvalue weighted by atomic mass is 28.3. The van der Waals surface area contributed by atoms with Gasteiger partial charge in [0.2, 0.25) is 0 Å². The van der Waals surface area contributed by atoms with E-state index in [0.29, 0.717) is 5.54 Å². The molecule has 0 saturated heterocycles. The number of rotatable bonds is 7. The zero-order chi connectivity index (χ0) is 35.1. The molecular formula is C42H64Si4. The minimum atomic E-state index is -2.74. The lowest BCUT2D eigenvalue weighted by molar-refractivity contribution is 1.09. The first kappa shape index (κ1) is 36.8. The van der Waals surface area contributed by atoms with E-state index in [4.69, 9.17) is 0 Å². The first-order valence-corrected chi connectivity index (χ1v) is 30.2. The van der Waals surface area contributed by atoms with Crippen LogP contribution in [0.4, 0.5) is 0 Å². The number of hydrogen-bond acceptors (Lipinski definition) is 0. The molecule has 0 spiro atoms. The van der Waals surface area contributed by atoms with E-state index in [1.807, 2.05) is 0 Å². The first-order chi connectivity index (χ1) is 20.9. The quantitative estimate of drug-likeness (QED) is 0.173. The molecule has 4 heteroatoms. The van der Waals surface area contributed by atoms with Crippen molar-refractivity contribution in [2.45, 2.75) is 134 Å². The molecule has 0 nitrogen and oxygen atoms in total. The molecule has 0 bridgehead atoms. The Morgan fingerprint density at radius 2 is 0.609 bits per heavy atom. The van der Waals surface area contributed by atoms with Gasteiger partial charge in [0.05, 0.1) is 24.2 Å². The summed E-state index contributed by atoms with van der Waals surface area (Å²) in [6, 6.07) is 16.2. The highest BCUT2D eigenvalue weighted by Gasteiger charge is 2.51. The molecule has 248 valence electrons. The van der Waals surface area contributed by atoms with Crippen molar-refractivity contribution in [3.63, 3.8) is 0 Å². The molecule has 0 atom stereocenters. The maximum atomic E-state index is 2.75. The summed E-state index contributed by atoms with van der Waals surface area (Å²) in [5.41, 5.74) is 15.5. The van der Waals surface area contributed by atoms with E-state index < -0.39 is 32.3 Å². The maximum Gasteiger partial charge on any atom is 0.159 e. The Morgan fingerprint density at radius 1 is 0.370 bits per heavy atom. The Hall–Kier alpha value is -1.99. The molecule has 3 aromatic carbocycles. The van der Waals surface area contributed by atoms with E-state index in [1.165, 1.54) is 44.5 Å². The standard InChI is InChI=1S/C42H64Si4/c1-26-20-36(23-39(29(26)4)43(11,12)13)46(42-34(9)32(7)33(8)35(42)10,37-21-27(2)30(5)40(24-37)44(14,15)16)38-22-28(3)31(6)41(25-38)45(17,18)19/h20-25,42H,1-19H3. The molecule has 0 aliphatic heterocycles. The second kappa shape index (κ2) is 12.2. The molecular weight excluding hydrogens is 617 g/mol. The van der Waals surface area contributed by atoms with Crippen molar-refractivity contribution in [2.24, 2.45) is 0 Å². The van der Waals surface area contributed by atoms with E-state index in [2.05, 4.69) is 165 Å². The Morgan fingerprint density at radius 3 is 0.826 bits per heavy atom. The summed E-state index contributed by atoms with van der Waals surface area (Å²) in [4.78, 5) is 0. The average molecular weight is 681 g/mol. The lowest BCUT2D eigenvalue weighted by Gasteiger charge is -2.44. The minimum absolute atomic E-state index is 0.386. The summed E-state index contributed by atoms with van der Waals surface area (Å²) in [6.07, 6.45) is 0. The molecule has 3 aromatic rings. The Balaban J connectivity index is 2.44. The van der Waals surface area contributed by atoms with Crippen LogP contribution in [0.1, 0.15) is 61.1 Å². The van der Waals surface area contributed by atoms with E-state index in [1.54, 1.807) is 42.3 Å². The van der Waals surface area contributed by atoms with Gasteiger partial charge in [0, 0.05) is 5.54 Å². The van der Waals surface area contributed by atoms with Crippen molar-refractivity contribution in [1.29, 1.82) is 0 Å². The van der Waals surface area contributed by atoms with E-state index >= 15 is 0 Å². The minimum Gasteiger partial charge on any atom is -0.0656 e. The number of allylic oxidation sites excluding steroid dienone is 4. The largest absolute Gasteiger partial charge is 0.159 e. The fraction of sp³-hybridized carbons (Fsp3) is 0.476. The molecule has 0 amide bonds. The first-order valence-electron chi connectivity index (χ1n) is 17.6. The van der Waals surface area contributed by atoms with Crippen molar-refractivity contribution < 1.29 is 0 Å². The lowest BCUT2D eigenvalue weighted by Crippen LogP contribution is -2.72. The van der Waals surface area contributed by atoms with Gasteiger partial charge in [0.15, 0.2) is 8.07 Å². The molecule has 1 aliphatic rings. The van der Waals surface area contributed by atoms with E-state index in [-0.39, 0.29) is 0 Å². The summed E-state index contributed by atoms with van der Waals surface area (Å²) < 4.78 is 0. The highest BCUT2D eigenvalue weighted by molar-refractivity contribution is 7.14. The van der Waals surface area contributed by atoms with Crippen LogP contribution in [0.25, 0.3) is 0 Å². The van der Waals surface area contributed by atoms with Crippen LogP contribution < -0.4 is 31.1 Å². The monoisotopic (exact) mass is 680 g/mol. The van der Waals surface area contributed by atoms with Crippen LogP contribution in [0, 0.1) is 41.5 Å². The van der Waals surface area contributed by atoms with Crippen molar-refractivity contribution in [3.8, 4) is 0 Å². The fourth-order valence-corrected chi connectivity index (χ4v) is 20.9. The Bertz CT molecular complexity index is 1590. The smallest absolute Gasteiger partial charge is 0.0656 e. The normalized spacial score (nSPS) is 15.5. The van der Waals surface area contributed by atoms with E-state index in [9.17, 15) is 0 Å². The number of benzene rings is 3. The molecule has 0 radical (unpaired) electrons. The average Bonchev–Trinajstić information content (AvgIpc) is 3.10. The van der Waals surface area contributed by atoms with Gasteiger partial charge in [-0.2, -0.15) is 0 Å². The van der Waals surface area contributed by atoms with Gasteiger partial charge in [0.1, 0.15) is 0 Å². The summed E-state index contributed by atoms with van der Waals surface area (Å²) in [5.74, 6) is 0. The molecule has 46 heavy (non-hydrogen) atoms. The summed E-state index contributed by atoms with van der Waals surface area (Å²) in [7, 11) is -7.64. The predicted octanol–water partition coefficient (Wildman–Crippen LogP) is 8.70. The zero-order valence-corrected chi connectivity index (χ0v) is 37.0. The Kier molecular flexibility index (Phi) is 9.74. The molecule has 0 fully saturated rings. The molecule has 0 N–H and O–H groups in total. The van der Waals surface area contributed by atoms with Crippen molar-refractivity contribution in [3.05, 3.63) is 92.1 Å². The van der Waals surface area contributed by atoms with Gasteiger partial charge in [-0.3, -0.25) is 0 Å². The van der Waals surface area contributed by atoms with Crippen LogP contribution in [0.2, 0.25) is 64.5 Å². The highest BCUT2D eigenvalue weighted by Crippen LogP contribution is 2.46. The van der Waals surface area contributed by atoms with Crippen molar-refractivity contribution >= 4 is 63.4 Å². The summed E-state index contributed by atoms with van der Waals surface area (Å²) in [5, 5.41) is 9.77. The molecule has 0 saturated carbocycles. The maximum absolute atomic E-state index is 2.75. The summed E-state index contributed by atoms with van der Waals surface area (Å²) in [6.45, 7) is 46.9. The topological polar surface area (TPSA) is 0 Å². The molecule has 0 unspecified atom stereocenters. The van der Waals surface area contributed by atoms with Crippen LogP contribution in [0.3, 0.4) is 0 Å². The lowest BCUT2D eigenvalue weighted by atomic mass is 10.1. The number of aryl methyl sites for hydroxylation is 3. The zero-order valence-electron chi connectivity index (χ0n) is 33.0. The predicted molar refractivity (Wildman–Crippen MR) is 222 cm³/mol. The van der Waals surface area contributed by atoms with Gasteiger partial charge in [-0.25, -0.2) is 0 Å². The van der Waals surface area contributed by atoms with Gasteiger partial charge in [-0.15, -0.1) is 0 Å². The fourth-order valence-electron chi connectivity index (χ4n) is 8.60. The SMILES string of the molecule is CC1=C(C)C([Si](c2cc(C)c(C)c([Si](C)(C)C)c2)(c2cc(C)c(C)c([Si](C)(C)C)c2)c2cc(C)c(C)c([Si](C)(C)C)c2)C(C)=C1C. The third kappa shape index (κ3) is 6.06. The third-order valence-corrected chi connectivity index (χ3v) is 23.6. The third-order valence-electron chi connectivity index (χ3n) is 11.8. The molecule has 1 aliphatic carbocycles. The van der Waals surface area contributed by atoms with Crippen LogP contribution in [0.15, 0.2) is 58.7 Å². The van der Waals surface area contributed by atoms with Gasteiger partial charge in [-0.05, 0) is 129 Å². The van der Waals surface area contributed by atoms with Gasteiger partial charge < -0.3 is 0 Å². The molecule has 0 heterocycles. The van der Waals surface area contributed by atoms with Gasteiger partial charge >= 0.3 is 0 Å². The van der Waals surface area contributed by atoms with Gasteiger partial charge in [0.25, 0.3) is 0 Å². The Labute approximate surface area is 287 Å². The second-order valence-electron chi connectivity index (χ2n) is 18.0. The van der Waals surface area contributed by atoms with Crippen LogP contribution >= 0.6 is 0 Å². The van der Waals surface area contributed by atoms with E-state index in [0.717, 1.165) is 0 Å². The summed E-state index contributed by atoms with van der Waals surface area (Å²) >= 11 is 0.